The molecule has 0 atom stereocenters. The fourth-order valence-corrected chi connectivity index (χ4v) is 3.04. The van der Waals surface area contributed by atoms with Crippen molar-refractivity contribution in [3.63, 3.8) is 0 Å². The Morgan fingerprint density at radius 3 is 3.12 bits per heavy atom. The van der Waals surface area contributed by atoms with E-state index in [2.05, 4.69) is 16.4 Å². The van der Waals surface area contributed by atoms with E-state index >= 15 is 0 Å². The zero-order valence-electron chi connectivity index (χ0n) is 8.66. The minimum absolute atomic E-state index is 0.753. The third-order valence-electron chi connectivity index (χ3n) is 2.69. The van der Waals surface area contributed by atoms with Gasteiger partial charge in [0, 0.05) is 11.6 Å². The molecule has 0 unspecified atom stereocenters. The second kappa shape index (κ2) is 4.17. The molecule has 0 bridgehead atoms. The Hall–Kier alpha value is -0.900. The molecule has 1 aromatic carbocycles. The lowest BCUT2D eigenvalue weighted by Crippen LogP contribution is -2.19. The van der Waals surface area contributed by atoms with Crippen molar-refractivity contribution in [3.8, 4) is 0 Å². The molecule has 1 aliphatic rings. The van der Waals surface area contributed by atoms with Crippen LogP contribution in [0.1, 0.15) is 11.4 Å². The fraction of sp³-hybridized carbons (Fsp3) is 0.250. The number of benzene rings is 1. The van der Waals surface area contributed by atoms with Crippen molar-refractivity contribution < 1.29 is 0 Å². The van der Waals surface area contributed by atoms with Gasteiger partial charge in [0.1, 0.15) is 5.01 Å². The maximum Gasteiger partial charge on any atom is 0.120 e. The minimum Gasteiger partial charge on any atom is -0.313 e. The van der Waals surface area contributed by atoms with Gasteiger partial charge in [-0.05, 0) is 36.7 Å². The molecule has 16 heavy (non-hydrogen) atoms. The van der Waals surface area contributed by atoms with Crippen LogP contribution >= 0.6 is 22.9 Å². The highest BCUT2D eigenvalue weighted by atomic mass is 35.5. The Morgan fingerprint density at radius 2 is 2.31 bits per heavy atom. The molecule has 4 heteroatoms. The smallest absolute Gasteiger partial charge is 0.120 e. The Morgan fingerprint density at radius 1 is 1.38 bits per heavy atom. The summed E-state index contributed by atoms with van der Waals surface area (Å²) in [5.74, 6) is 0. The lowest BCUT2D eigenvalue weighted by Gasteiger charge is -2.10. The van der Waals surface area contributed by atoms with Crippen molar-refractivity contribution >= 4 is 38.7 Å². The largest absolute Gasteiger partial charge is 0.313 e. The third kappa shape index (κ3) is 1.86. The van der Waals surface area contributed by atoms with E-state index in [-0.39, 0.29) is 0 Å². The molecule has 0 saturated carbocycles. The molecule has 2 nitrogen and oxygen atoms in total. The number of nitrogens with zero attached hydrogens (tertiary/aromatic N) is 1. The van der Waals surface area contributed by atoms with Crippen LogP contribution < -0.4 is 5.32 Å². The summed E-state index contributed by atoms with van der Waals surface area (Å²) in [6.45, 7) is 1.99. The Labute approximate surface area is 103 Å². The Balaban J connectivity index is 2.07. The van der Waals surface area contributed by atoms with Crippen LogP contribution in [0.4, 0.5) is 0 Å². The minimum atomic E-state index is 0.753. The van der Waals surface area contributed by atoms with E-state index in [1.54, 1.807) is 11.3 Å². The number of fused-ring (bicyclic) bond motifs is 1. The fourth-order valence-electron chi connectivity index (χ4n) is 1.85. The van der Waals surface area contributed by atoms with Crippen LogP contribution in [0.5, 0.6) is 0 Å². The highest BCUT2D eigenvalue weighted by Crippen LogP contribution is 2.30. The first-order chi connectivity index (χ1) is 7.83. The normalized spacial score (nSPS) is 16.4. The average Bonchev–Trinajstić information content (AvgIpc) is 2.73. The van der Waals surface area contributed by atoms with Crippen LogP contribution in [-0.4, -0.2) is 18.1 Å². The first-order valence-corrected chi connectivity index (χ1v) is 6.48. The molecule has 0 amide bonds. The molecule has 3 rings (SSSR count). The predicted molar refractivity (Wildman–Crippen MR) is 70.1 cm³/mol. The molecular weight excluding hydrogens is 240 g/mol. The number of nitrogens with one attached hydrogen (secondary N) is 1. The number of hydrogen-bond acceptors (Lipinski definition) is 3. The van der Waals surface area contributed by atoms with E-state index in [4.69, 9.17) is 11.6 Å². The zero-order valence-corrected chi connectivity index (χ0v) is 10.2. The first-order valence-electron chi connectivity index (χ1n) is 5.29. The predicted octanol–water partition coefficient (Wildman–Crippen LogP) is 3.33. The van der Waals surface area contributed by atoms with Gasteiger partial charge in [-0.15, -0.1) is 11.3 Å². The van der Waals surface area contributed by atoms with Gasteiger partial charge in [-0.3, -0.25) is 0 Å². The monoisotopic (exact) mass is 250 g/mol. The number of thiazole rings is 1. The molecule has 2 heterocycles. The van der Waals surface area contributed by atoms with Gasteiger partial charge < -0.3 is 5.32 Å². The van der Waals surface area contributed by atoms with Crippen molar-refractivity contribution in [2.75, 3.05) is 13.1 Å². The molecule has 1 aliphatic heterocycles. The van der Waals surface area contributed by atoms with Crippen LogP contribution in [0.15, 0.2) is 24.3 Å². The number of hydrogen-bond donors (Lipinski definition) is 1. The molecule has 82 valence electrons. The molecule has 0 spiro atoms. The van der Waals surface area contributed by atoms with Gasteiger partial charge >= 0.3 is 0 Å². The summed E-state index contributed by atoms with van der Waals surface area (Å²) in [5.41, 5.74) is 2.36. The maximum atomic E-state index is 5.95. The summed E-state index contributed by atoms with van der Waals surface area (Å²) < 4.78 is 1.21. The van der Waals surface area contributed by atoms with Crippen LogP contribution in [0.2, 0.25) is 5.02 Å². The second-order valence-electron chi connectivity index (χ2n) is 3.81. The van der Waals surface area contributed by atoms with E-state index in [9.17, 15) is 0 Å². The van der Waals surface area contributed by atoms with E-state index in [0.29, 0.717) is 0 Å². The summed E-state index contributed by atoms with van der Waals surface area (Å²) >= 11 is 7.70. The Bertz CT molecular complexity index is 559. The van der Waals surface area contributed by atoms with Gasteiger partial charge in [-0.1, -0.05) is 17.7 Å². The molecule has 0 aliphatic carbocycles. The standard InChI is InChI=1S/C12H11ClN2S/c13-9-1-2-11-10(7-9)15-12(16-11)8-3-5-14-6-4-8/h1-3,7,14H,4-6H2. The highest BCUT2D eigenvalue weighted by molar-refractivity contribution is 7.19. The quantitative estimate of drug-likeness (QED) is 0.840. The van der Waals surface area contributed by atoms with Crippen molar-refractivity contribution in [3.05, 3.63) is 34.3 Å². The summed E-state index contributed by atoms with van der Waals surface area (Å²) in [6, 6.07) is 5.89. The van der Waals surface area contributed by atoms with Gasteiger partial charge in [0.25, 0.3) is 0 Å². The number of aromatic nitrogens is 1. The third-order valence-corrected chi connectivity index (χ3v) is 4.04. The van der Waals surface area contributed by atoms with Crippen molar-refractivity contribution in [1.29, 1.82) is 0 Å². The summed E-state index contributed by atoms with van der Waals surface area (Å²) in [4.78, 5) is 4.64. The van der Waals surface area contributed by atoms with Gasteiger partial charge in [-0.2, -0.15) is 0 Å². The molecule has 1 aromatic heterocycles. The highest BCUT2D eigenvalue weighted by Gasteiger charge is 2.11. The average molecular weight is 251 g/mol. The van der Waals surface area contributed by atoms with Crippen molar-refractivity contribution in [2.24, 2.45) is 0 Å². The van der Waals surface area contributed by atoms with Gasteiger partial charge in [0.2, 0.25) is 0 Å². The van der Waals surface area contributed by atoms with E-state index in [0.717, 1.165) is 35.1 Å². The lowest BCUT2D eigenvalue weighted by molar-refractivity contribution is 0.738. The van der Waals surface area contributed by atoms with Crippen LogP contribution in [0.25, 0.3) is 15.8 Å². The van der Waals surface area contributed by atoms with Gasteiger partial charge in [0.05, 0.1) is 10.2 Å². The van der Waals surface area contributed by atoms with E-state index in [1.807, 2.05) is 18.2 Å². The van der Waals surface area contributed by atoms with Crippen LogP contribution in [0, 0.1) is 0 Å². The molecule has 0 radical (unpaired) electrons. The van der Waals surface area contributed by atoms with Gasteiger partial charge in [-0.25, -0.2) is 4.98 Å². The molecular formula is C12H11ClN2S. The summed E-state index contributed by atoms with van der Waals surface area (Å²) in [5, 5.41) is 5.20. The topological polar surface area (TPSA) is 24.9 Å². The SMILES string of the molecule is Clc1ccc2sc(C3=CCNCC3)nc2c1. The van der Waals surface area contributed by atoms with Gasteiger partial charge in [0.15, 0.2) is 0 Å². The number of halogens is 1. The van der Waals surface area contributed by atoms with Crippen molar-refractivity contribution in [2.45, 2.75) is 6.42 Å². The molecule has 0 saturated heterocycles. The molecule has 0 fully saturated rings. The molecule has 1 N–H and O–H groups in total. The summed E-state index contributed by atoms with van der Waals surface area (Å²) in [7, 11) is 0. The Kier molecular flexibility index (Phi) is 2.67. The maximum absolute atomic E-state index is 5.95. The summed E-state index contributed by atoms with van der Waals surface area (Å²) in [6.07, 6.45) is 3.29. The van der Waals surface area contributed by atoms with E-state index in [1.165, 1.54) is 10.3 Å². The lowest BCUT2D eigenvalue weighted by atomic mass is 10.1. The zero-order chi connectivity index (χ0) is 11.0. The van der Waals surface area contributed by atoms with E-state index < -0.39 is 0 Å². The first kappa shape index (κ1) is 10.3. The number of rotatable bonds is 1. The van der Waals surface area contributed by atoms with Crippen molar-refractivity contribution in [1.82, 2.24) is 10.3 Å². The van der Waals surface area contributed by atoms with Crippen LogP contribution in [0.3, 0.4) is 0 Å². The van der Waals surface area contributed by atoms with Crippen LogP contribution in [-0.2, 0) is 0 Å². The second-order valence-corrected chi connectivity index (χ2v) is 5.28. The molecule has 2 aromatic rings.